The smallest absolute Gasteiger partial charge is 0.252 e. The maximum Gasteiger partial charge on any atom is 0.252 e. The number of hydrogen-bond donors (Lipinski definition) is 1. The van der Waals surface area contributed by atoms with E-state index in [0.29, 0.717) is 36.4 Å². The highest BCUT2D eigenvalue weighted by molar-refractivity contribution is 5.88. The monoisotopic (exact) mass is 457 g/mol. The van der Waals surface area contributed by atoms with E-state index in [0.717, 1.165) is 17.1 Å². The van der Waals surface area contributed by atoms with Gasteiger partial charge in [-0.15, -0.1) is 0 Å². The number of pyridine rings is 2. The summed E-state index contributed by atoms with van der Waals surface area (Å²) in [4.78, 5) is 29.4. The Morgan fingerprint density at radius 1 is 1.21 bits per heavy atom. The number of anilines is 1. The zero-order valence-corrected chi connectivity index (χ0v) is 18.9. The molecule has 1 N–H and O–H groups in total. The number of nitrogens with one attached hydrogen (secondary N) is 1. The summed E-state index contributed by atoms with van der Waals surface area (Å²) >= 11 is 0. The van der Waals surface area contributed by atoms with Crippen LogP contribution in [0, 0.1) is 17.1 Å². The van der Waals surface area contributed by atoms with E-state index in [1.807, 2.05) is 0 Å². The van der Waals surface area contributed by atoms with Crippen molar-refractivity contribution in [1.82, 2.24) is 24.4 Å². The van der Waals surface area contributed by atoms with Gasteiger partial charge in [0.25, 0.3) is 5.56 Å². The molecule has 1 aliphatic heterocycles. The van der Waals surface area contributed by atoms with E-state index in [9.17, 15) is 14.4 Å². The third kappa shape index (κ3) is 3.82. The molecule has 0 aliphatic carbocycles. The van der Waals surface area contributed by atoms with Crippen LogP contribution in [0.3, 0.4) is 0 Å². The fourth-order valence-electron chi connectivity index (χ4n) is 4.78. The minimum Gasteiger partial charge on any atom is -0.364 e. The first-order valence-corrected chi connectivity index (χ1v) is 11.1. The molecule has 4 heterocycles. The number of piperazine rings is 1. The first-order valence-electron chi connectivity index (χ1n) is 11.1. The van der Waals surface area contributed by atoms with Gasteiger partial charge >= 0.3 is 0 Å². The largest absolute Gasteiger partial charge is 0.364 e. The average molecular weight is 458 g/mol. The van der Waals surface area contributed by atoms with Crippen LogP contribution in [0.15, 0.2) is 59.7 Å². The predicted octanol–water partition coefficient (Wildman–Crippen LogP) is 2.97. The number of H-pyrrole nitrogens is 1. The van der Waals surface area contributed by atoms with Gasteiger partial charge in [-0.05, 0) is 36.8 Å². The van der Waals surface area contributed by atoms with Crippen LogP contribution in [0.4, 0.5) is 10.1 Å². The number of halogens is 1. The van der Waals surface area contributed by atoms with Crippen molar-refractivity contribution in [2.24, 2.45) is 7.05 Å². The fourth-order valence-corrected chi connectivity index (χ4v) is 4.78. The Kier molecular flexibility index (Phi) is 5.59. The predicted molar refractivity (Wildman–Crippen MR) is 127 cm³/mol. The lowest BCUT2D eigenvalue weighted by atomic mass is 10.0. The highest BCUT2D eigenvalue weighted by Gasteiger charge is 2.32. The van der Waals surface area contributed by atoms with Crippen molar-refractivity contribution >= 4 is 16.7 Å². The molecule has 2 atom stereocenters. The summed E-state index contributed by atoms with van der Waals surface area (Å²) in [6.07, 6.45) is 3.51. The Hall–Kier alpha value is -4.03. The Morgan fingerprint density at radius 2 is 2.00 bits per heavy atom. The first kappa shape index (κ1) is 21.8. The van der Waals surface area contributed by atoms with E-state index >= 15 is 0 Å². The second kappa shape index (κ2) is 8.72. The molecule has 1 aromatic carbocycles. The first-order chi connectivity index (χ1) is 16.5. The molecular formula is C25H24FN7O. The molecule has 1 saturated heterocycles. The third-order valence-electron chi connectivity index (χ3n) is 6.48. The van der Waals surface area contributed by atoms with Gasteiger partial charge < -0.3 is 14.5 Å². The van der Waals surface area contributed by atoms with Gasteiger partial charge in [0.15, 0.2) is 0 Å². The molecule has 172 valence electrons. The average Bonchev–Trinajstić information content (AvgIpc) is 3.37. The molecule has 5 rings (SSSR count). The minimum absolute atomic E-state index is 0.0505. The third-order valence-corrected chi connectivity index (χ3v) is 6.48. The van der Waals surface area contributed by atoms with Crippen LogP contribution >= 0.6 is 0 Å². The molecule has 1 fully saturated rings. The van der Waals surface area contributed by atoms with Crippen LogP contribution < -0.4 is 10.5 Å². The zero-order valence-electron chi connectivity index (χ0n) is 18.9. The summed E-state index contributed by atoms with van der Waals surface area (Å²) in [5.74, 6) is 0.522. The summed E-state index contributed by atoms with van der Waals surface area (Å²) in [6, 6.07) is 13.5. The molecule has 9 heteroatoms. The molecule has 1 unspecified atom stereocenters. The normalized spacial score (nSPS) is 17.6. The van der Waals surface area contributed by atoms with E-state index in [1.54, 1.807) is 54.3 Å². The van der Waals surface area contributed by atoms with E-state index < -0.39 is 0 Å². The van der Waals surface area contributed by atoms with Gasteiger partial charge in [0.1, 0.15) is 28.9 Å². The molecule has 3 aromatic heterocycles. The number of benzene rings is 1. The van der Waals surface area contributed by atoms with Crippen molar-refractivity contribution in [2.45, 2.75) is 19.0 Å². The number of fused-ring (bicyclic) bond motifs is 1. The summed E-state index contributed by atoms with van der Waals surface area (Å²) in [6.45, 7) is 4.15. The lowest BCUT2D eigenvalue weighted by Crippen LogP contribution is -2.53. The van der Waals surface area contributed by atoms with Crippen LogP contribution in [0.2, 0.25) is 0 Å². The second-order valence-electron chi connectivity index (χ2n) is 8.57. The van der Waals surface area contributed by atoms with Gasteiger partial charge in [0.2, 0.25) is 0 Å². The molecule has 0 spiro atoms. The van der Waals surface area contributed by atoms with Crippen LogP contribution in [-0.4, -0.2) is 50.1 Å². The van der Waals surface area contributed by atoms with Gasteiger partial charge in [-0.3, -0.25) is 9.69 Å². The van der Waals surface area contributed by atoms with Crippen LogP contribution in [0.25, 0.3) is 11.0 Å². The molecule has 8 nitrogen and oxygen atoms in total. The number of nitriles is 1. The van der Waals surface area contributed by atoms with Crippen molar-refractivity contribution in [1.29, 1.82) is 5.26 Å². The van der Waals surface area contributed by atoms with Crippen LogP contribution in [0.5, 0.6) is 0 Å². The van der Waals surface area contributed by atoms with Crippen molar-refractivity contribution < 1.29 is 4.39 Å². The fraction of sp³-hybridized carbons (Fsp3) is 0.280. The summed E-state index contributed by atoms with van der Waals surface area (Å²) in [7, 11) is 1.71. The Balaban J connectivity index is 1.50. The number of hydrogen-bond acceptors (Lipinski definition) is 6. The quantitative estimate of drug-likeness (QED) is 0.506. The number of aromatic amines is 1. The van der Waals surface area contributed by atoms with Gasteiger partial charge in [-0.1, -0.05) is 12.1 Å². The second-order valence-corrected chi connectivity index (χ2v) is 8.57. The van der Waals surface area contributed by atoms with Crippen molar-refractivity contribution in [3.05, 3.63) is 88.1 Å². The number of nitrogens with zero attached hydrogens (tertiary/aromatic N) is 6. The Labute approximate surface area is 195 Å². The van der Waals surface area contributed by atoms with Gasteiger partial charge in [0, 0.05) is 51.2 Å². The van der Waals surface area contributed by atoms with Crippen molar-refractivity contribution in [3.8, 4) is 6.07 Å². The Bertz CT molecular complexity index is 1420. The molecule has 0 bridgehead atoms. The summed E-state index contributed by atoms with van der Waals surface area (Å²) < 4.78 is 15.1. The molecule has 34 heavy (non-hydrogen) atoms. The topological polar surface area (TPSA) is 93.8 Å². The van der Waals surface area contributed by atoms with Gasteiger partial charge in [-0.2, -0.15) is 5.26 Å². The van der Waals surface area contributed by atoms with E-state index in [1.165, 1.54) is 12.1 Å². The number of rotatable bonds is 4. The molecule has 0 saturated carbocycles. The highest BCUT2D eigenvalue weighted by atomic mass is 19.1. The van der Waals surface area contributed by atoms with Crippen molar-refractivity contribution in [2.75, 3.05) is 24.5 Å². The maximum absolute atomic E-state index is 13.6. The van der Waals surface area contributed by atoms with Crippen LogP contribution in [0.1, 0.15) is 30.0 Å². The van der Waals surface area contributed by atoms with E-state index in [2.05, 4.69) is 37.7 Å². The molecular weight excluding hydrogens is 433 g/mol. The number of aryl methyl sites for hydroxylation is 1. The molecule has 4 aromatic rings. The molecule has 0 radical (unpaired) electrons. The van der Waals surface area contributed by atoms with Gasteiger partial charge in [0.05, 0.1) is 17.2 Å². The number of imidazole rings is 1. The van der Waals surface area contributed by atoms with Crippen molar-refractivity contribution in [3.63, 3.8) is 0 Å². The Morgan fingerprint density at radius 3 is 2.68 bits per heavy atom. The number of aromatic nitrogens is 4. The minimum atomic E-state index is -0.276. The SMILES string of the molecule is C[C@H]1CN(C(c2ccc(F)cc2)c2ncc[nH]2)CCN1c1cc(=O)n(C)c2ccc(C#N)nc12. The maximum atomic E-state index is 13.6. The standard InChI is InChI=1S/C25H24FN7O/c1-16-15-32(24(25-28-9-10-29-25)17-3-5-18(26)6-4-17)11-12-33(16)21-13-22(34)31(2)20-8-7-19(14-27)30-23(20)21/h3-10,13,16,24H,11-12,15H2,1-2H3,(H,28,29)/t16-,24?/m0/s1. The molecule has 0 amide bonds. The summed E-state index contributed by atoms with van der Waals surface area (Å²) in [5.41, 5.74) is 3.21. The van der Waals surface area contributed by atoms with E-state index in [4.69, 9.17) is 0 Å². The lowest BCUT2D eigenvalue weighted by molar-refractivity contribution is 0.183. The highest BCUT2D eigenvalue weighted by Crippen LogP contribution is 2.32. The summed E-state index contributed by atoms with van der Waals surface area (Å²) in [5, 5.41) is 9.35. The lowest BCUT2D eigenvalue weighted by Gasteiger charge is -2.44. The zero-order chi connectivity index (χ0) is 23.8. The molecule has 1 aliphatic rings. The van der Waals surface area contributed by atoms with Gasteiger partial charge in [-0.25, -0.2) is 14.4 Å². The van der Waals surface area contributed by atoms with E-state index in [-0.39, 0.29) is 23.5 Å². The van der Waals surface area contributed by atoms with Crippen LogP contribution in [-0.2, 0) is 7.05 Å².